The van der Waals surface area contributed by atoms with E-state index in [9.17, 15) is 0 Å². The second-order valence-corrected chi connectivity index (χ2v) is 4.96. The molecule has 1 aromatic carbocycles. The van der Waals surface area contributed by atoms with Crippen molar-refractivity contribution in [3.63, 3.8) is 0 Å². The molecular weight excluding hydrogens is 220 g/mol. The fourth-order valence-electron chi connectivity index (χ4n) is 2.19. The monoisotopic (exact) mass is 248 g/mol. The predicted octanol–water partition coefficient (Wildman–Crippen LogP) is 3.68. The molecule has 0 aliphatic carbocycles. The van der Waals surface area contributed by atoms with Gasteiger partial charge in [-0.15, -0.1) is 0 Å². The van der Waals surface area contributed by atoms with E-state index in [2.05, 4.69) is 61.4 Å². The van der Waals surface area contributed by atoms with Crippen LogP contribution in [0, 0.1) is 0 Å². The van der Waals surface area contributed by atoms with Crippen molar-refractivity contribution in [3.8, 4) is 0 Å². The first-order chi connectivity index (χ1) is 8.77. The topological polar surface area (TPSA) is 15.3 Å². The van der Waals surface area contributed by atoms with Crippen molar-refractivity contribution in [1.82, 2.24) is 5.32 Å². The summed E-state index contributed by atoms with van der Waals surface area (Å²) in [5, 5.41) is 3.61. The molecule has 0 aliphatic heterocycles. The fourth-order valence-corrected chi connectivity index (χ4v) is 2.19. The Bertz CT molecular complexity index is 297. The molecule has 0 amide bonds. The minimum atomic E-state index is 0.689. The highest BCUT2D eigenvalue weighted by Crippen LogP contribution is 2.12. The third kappa shape index (κ3) is 5.54. The van der Waals surface area contributed by atoms with Gasteiger partial charge >= 0.3 is 0 Å². The van der Waals surface area contributed by atoms with E-state index in [1.807, 2.05) is 0 Å². The minimum Gasteiger partial charge on any atom is -0.375 e. The number of hydrogen-bond acceptors (Lipinski definition) is 2. The molecule has 0 heterocycles. The molecule has 102 valence electrons. The van der Waals surface area contributed by atoms with Crippen molar-refractivity contribution in [1.29, 1.82) is 0 Å². The molecule has 0 bridgehead atoms. The summed E-state index contributed by atoms with van der Waals surface area (Å²) >= 11 is 0. The molecule has 0 spiro atoms. The standard InChI is InChI=1S/C16H28N2/c1-4-13-17-15(5-2)10-9-14-18(3)16-11-7-6-8-12-16/h6-8,11-12,15,17H,4-5,9-10,13-14H2,1-3H3. The molecule has 0 aliphatic rings. The van der Waals surface area contributed by atoms with Crippen LogP contribution in [0.3, 0.4) is 0 Å². The Balaban J connectivity index is 2.24. The zero-order chi connectivity index (χ0) is 13.2. The van der Waals surface area contributed by atoms with Gasteiger partial charge in [-0.2, -0.15) is 0 Å². The van der Waals surface area contributed by atoms with E-state index in [-0.39, 0.29) is 0 Å². The number of nitrogens with zero attached hydrogens (tertiary/aromatic N) is 1. The molecule has 18 heavy (non-hydrogen) atoms. The maximum Gasteiger partial charge on any atom is 0.0363 e. The molecular formula is C16H28N2. The first-order valence-corrected chi connectivity index (χ1v) is 7.27. The van der Waals surface area contributed by atoms with Crippen molar-refractivity contribution >= 4 is 5.69 Å². The number of rotatable bonds is 9. The van der Waals surface area contributed by atoms with Gasteiger partial charge in [0.05, 0.1) is 0 Å². The molecule has 0 radical (unpaired) electrons. The minimum absolute atomic E-state index is 0.689. The summed E-state index contributed by atoms with van der Waals surface area (Å²) in [7, 11) is 2.18. The molecule has 0 aromatic heterocycles. The van der Waals surface area contributed by atoms with Gasteiger partial charge in [0.1, 0.15) is 0 Å². The van der Waals surface area contributed by atoms with Crippen LogP contribution in [0.25, 0.3) is 0 Å². The molecule has 0 saturated carbocycles. The van der Waals surface area contributed by atoms with Crippen molar-refractivity contribution < 1.29 is 0 Å². The Morgan fingerprint density at radius 2 is 1.89 bits per heavy atom. The van der Waals surface area contributed by atoms with Gasteiger partial charge in [-0.25, -0.2) is 0 Å². The van der Waals surface area contributed by atoms with E-state index in [0.717, 1.165) is 13.1 Å². The summed E-state index contributed by atoms with van der Waals surface area (Å²) in [6.07, 6.45) is 4.98. The Hall–Kier alpha value is -1.02. The molecule has 1 aromatic rings. The maximum absolute atomic E-state index is 3.61. The molecule has 2 nitrogen and oxygen atoms in total. The quantitative estimate of drug-likeness (QED) is 0.717. The van der Waals surface area contributed by atoms with Crippen LogP contribution >= 0.6 is 0 Å². The Morgan fingerprint density at radius 1 is 1.17 bits per heavy atom. The van der Waals surface area contributed by atoms with Crippen molar-refractivity contribution in [2.45, 2.75) is 45.6 Å². The number of para-hydroxylation sites is 1. The molecule has 1 rings (SSSR count). The number of hydrogen-bond donors (Lipinski definition) is 1. The van der Waals surface area contributed by atoms with Gasteiger partial charge in [0.25, 0.3) is 0 Å². The van der Waals surface area contributed by atoms with Crippen molar-refractivity contribution in [2.24, 2.45) is 0 Å². The Morgan fingerprint density at radius 3 is 2.50 bits per heavy atom. The highest BCUT2D eigenvalue weighted by Gasteiger charge is 2.05. The second-order valence-electron chi connectivity index (χ2n) is 4.96. The van der Waals surface area contributed by atoms with Gasteiger partial charge in [0.2, 0.25) is 0 Å². The number of benzene rings is 1. The van der Waals surface area contributed by atoms with E-state index in [1.165, 1.54) is 31.4 Å². The zero-order valence-electron chi connectivity index (χ0n) is 12.2. The summed E-state index contributed by atoms with van der Waals surface area (Å²) in [5.74, 6) is 0. The molecule has 1 unspecified atom stereocenters. The summed E-state index contributed by atoms with van der Waals surface area (Å²) < 4.78 is 0. The second kappa shape index (κ2) is 8.98. The third-order valence-corrected chi connectivity index (χ3v) is 3.42. The predicted molar refractivity (Wildman–Crippen MR) is 81.3 cm³/mol. The lowest BCUT2D eigenvalue weighted by Crippen LogP contribution is -2.30. The first-order valence-electron chi connectivity index (χ1n) is 7.27. The molecule has 2 heteroatoms. The van der Waals surface area contributed by atoms with Crippen LogP contribution in [0.4, 0.5) is 5.69 Å². The summed E-state index contributed by atoms with van der Waals surface area (Å²) in [5.41, 5.74) is 1.31. The zero-order valence-corrected chi connectivity index (χ0v) is 12.2. The molecule has 0 fully saturated rings. The average molecular weight is 248 g/mol. The lowest BCUT2D eigenvalue weighted by atomic mass is 10.1. The average Bonchev–Trinajstić information content (AvgIpc) is 2.43. The Labute approximate surface area is 112 Å². The van der Waals surface area contributed by atoms with Gasteiger partial charge in [-0.3, -0.25) is 0 Å². The third-order valence-electron chi connectivity index (χ3n) is 3.42. The first kappa shape index (κ1) is 15.0. The van der Waals surface area contributed by atoms with E-state index >= 15 is 0 Å². The lowest BCUT2D eigenvalue weighted by molar-refractivity contribution is 0.457. The molecule has 1 atom stereocenters. The van der Waals surface area contributed by atoms with E-state index in [4.69, 9.17) is 0 Å². The van der Waals surface area contributed by atoms with Crippen LogP contribution in [0.2, 0.25) is 0 Å². The molecule has 1 N–H and O–H groups in total. The summed E-state index contributed by atoms with van der Waals surface area (Å²) in [4.78, 5) is 2.34. The fraction of sp³-hybridized carbons (Fsp3) is 0.625. The van der Waals surface area contributed by atoms with Crippen LogP contribution in [0.15, 0.2) is 30.3 Å². The van der Waals surface area contributed by atoms with Gasteiger partial charge < -0.3 is 10.2 Å². The van der Waals surface area contributed by atoms with Gasteiger partial charge in [-0.05, 0) is 44.4 Å². The lowest BCUT2D eigenvalue weighted by Gasteiger charge is -2.21. The summed E-state index contributed by atoms with van der Waals surface area (Å²) in [6.45, 7) is 6.78. The maximum atomic E-state index is 3.61. The van der Waals surface area contributed by atoms with E-state index in [0.29, 0.717) is 6.04 Å². The SMILES string of the molecule is CCCNC(CC)CCCN(C)c1ccccc1. The van der Waals surface area contributed by atoms with Crippen LogP contribution in [0.1, 0.15) is 39.5 Å². The summed E-state index contributed by atoms with van der Waals surface area (Å²) in [6, 6.07) is 11.3. The van der Waals surface area contributed by atoms with Crippen molar-refractivity contribution in [3.05, 3.63) is 30.3 Å². The van der Waals surface area contributed by atoms with Gasteiger partial charge in [-0.1, -0.05) is 32.0 Å². The highest BCUT2D eigenvalue weighted by atomic mass is 15.1. The number of anilines is 1. The smallest absolute Gasteiger partial charge is 0.0363 e. The van der Waals surface area contributed by atoms with Gasteiger partial charge in [0, 0.05) is 25.3 Å². The Kier molecular flexibility index (Phi) is 7.51. The molecule has 0 saturated heterocycles. The van der Waals surface area contributed by atoms with Gasteiger partial charge in [0.15, 0.2) is 0 Å². The van der Waals surface area contributed by atoms with E-state index in [1.54, 1.807) is 0 Å². The van der Waals surface area contributed by atoms with Crippen molar-refractivity contribution in [2.75, 3.05) is 25.0 Å². The normalized spacial score (nSPS) is 12.4. The van der Waals surface area contributed by atoms with Crippen LogP contribution in [0.5, 0.6) is 0 Å². The van der Waals surface area contributed by atoms with Crippen LogP contribution in [-0.4, -0.2) is 26.2 Å². The van der Waals surface area contributed by atoms with E-state index < -0.39 is 0 Å². The largest absolute Gasteiger partial charge is 0.375 e. The highest BCUT2D eigenvalue weighted by molar-refractivity contribution is 5.44. The van der Waals surface area contributed by atoms with Crippen LogP contribution < -0.4 is 10.2 Å². The van der Waals surface area contributed by atoms with Crippen LogP contribution in [-0.2, 0) is 0 Å². The number of nitrogens with one attached hydrogen (secondary N) is 1.